The van der Waals surface area contributed by atoms with Crippen LogP contribution in [0.15, 0.2) is 48.7 Å². The number of piperidine rings is 1. The van der Waals surface area contributed by atoms with E-state index in [4.69, 9.17) is 5.26 Å². The largest absolute Gasteiger partial charge is 0.393 e. The molecule has 0 bridgehead atoms. The highest BCUT2D eigenvalue weighted by atomic mass is 19.3. The summed E-state index contributed by atoms with van der Waals surface area (Å²) in [6.45, 7) is 3.73. The van der Waals surface area contributed by atoms with Crippen molar-refractivity contribution < 1.29 is 27.5 Å². The maximum atomic E-state index is 15.1. The van der Waals surface area contributed by atoms with E-state index < -0.39 is 40.8 Å². The zero-order valence-electron chi connectivity index (χ0n) is 16.3. The van der Waals surface area contributed by atoms with Gasteiger partial charge in [0.25, 0.3) is 5.91 Å². The molecule has 1 saturated heterocycles. The van der Waals surface area contributed by atoms with E-state index in [0.29, 0.717) is 12.8 Å². The SMILES string of the molecule is C=C(N1CCC(O)CC1)C(F)(F)c1cc(C(=O)Nc2ccc(F)c(C#N)c2)ccc1F. The first-order chi connectivity index (χ1) is 14.6. The summed E-state index contributed by atoms with van der Waals surface area (Å²) in [5.74, 6) is -6.59. The normalized spacial score (nSPS) is 14.8. The maximum Gasteiger partial charge on any atom is 0.314 e. The lowest BCUT2D eigenvalue weighted by Gasteiger charge is -2.36. The van der Waals surface area contributed by atoms with Crippen LogP contribution in [0.4, 0.5) is 23.2 Å². The van der Waals surface area contributed by atoms with Crippen LogP contribution in [0.3, 0.4) is 0 Å². The van der Waals surface area contributed by atoms with Gasteiger partial charge in [0.15, 0.2) is 0 Å². The van der Waals surface area contributed by atoms with Gasteiger partial charge in [-0.25, -0.2) is 8.78 Å². The molecule has 2 aromatic carbocycles. The Morgan fingerprint density at radius 3 is 2.45 bits per heavy atom. The standard InChI is InChI=1S/C22H19F4N3O2/c1-13(29-8-6-17(30)7-9-29)22(25,26)18-11-14(2-4-20(18)24)21(31)28-16-3-5-19(23)15(10-16)12-27/h2-5,10-11,17,30H,1,6-9H2,(H,28,31). The summed E-state index contributed by atoms with van der Waals surface area (Å²) in [6.07, 6.45) is 0.0135. The van der Waals surface area contributed by atoms with E-state index in [1.54, 1.807) is 6.07 Å². The average molecular weight is 433 g/mol. The fourth-order valence-electron chi connectivity index (χ4n) is 3.29. The third-order valence-electron chi connectivity index (χ3n) is 5.12. The number of amides is 1. The second-order valence-electron chi connectivity index (χ2n) is 7.19. The minimum absolute atomic E-state index is 0.0804. The molecule has 2 N–H and O–H groups in total. The Labute approximate surface area is 176 Å². The molecular weight excluding hydrogens is 414 g/mol. The summed E-state index contributed by atoms with van der Waals surface area (Å²) in [5, 5.41) is 20.8. The number of alkyl halides is 2. The van der Waals surface area contributed by atoms with Gasteiger partial charge in [0, 0.05) is 24.3 Å². The number of hydrogen-bond acceptors (Lipinski definition) is 4. The number of carbonyl (C=O) groups is 1. The van der Waals surface area contributed by atoms with Gasteiger partial charge in [-0.05, 0) is 49.2 Å². The Kier molecular flexibility index (Phi) is 6.32. The molecule has 1 fully saturated rings. The van der Waals surface area contributed by atoms with Gasteiger partial charge in [-0.1, -0.05) is 6.58 Å². The fourth-order valence-corrected chi connectivity index (χ4v) is 3.29. The molecule has 0 radical (unpaired) electrons. The summed E-state index contributed by atoms with van der Waals surface area (Å²) < 4.78 is 57.8. The number of anilines is 1. The summed E-state index contributed by atoms with van der Waals surface area (Å²) in [7, 11) is 0. The van der Waals surface area contributed by atoms with Crippen LogP contribution >= 0.6 is 0 Å². The van der Waals surface area contributed by atoms with Crippen LogP contribution < -0.4 is 5.32 Å². The Morgan fingerprint density at radius 1 is 1.16 bits per heavy atom. The number of aliphatic hydroxyl groups is 1. The van der Waals surface area contributed by atoms with Gasteiger partial charge in [0.05, 0.1) is 22.9 Å². The number of nitriles is 1. The van der Waals surface area contributed by atoms with Crippen LogP contribution in [0.25, 0.3) is 0 Å². The van der Waals surface area contributed by atoms with E-state index in [2.05, 4.69) is 11.9 Å². The Morgan fingerprint density at radius 2 is 1.81 bits per heavy atom. The highest BCUT2D eigenvalue weighted by Crippen LogP contribution is 2.39. The van der Waals surface area contributed by atoms with Gasteiger partial charge in [-0.2, -0.15) is 14.0 Å². The van der Waals surface area contributed by atoms with Gasteiger partial charge in [0.2, 0.25) is 0 Å². The molecule has 1 aliphatic rings. The molecule has 162 valence electrons. The smallest absolute Gasteiger partial charge is 0.314 e. The summed E-state index contributed by atoms with van der Waals surface area (Å²) in [4.78, 5) is 13.8. The Bertz CT molecular complexity index is 1060. The van der Waals surface area contributed by atoms with Gasteiger partial charge >= 0.3 is 5.92 Å². The van der Waals surface area contributed by atoms with Crippen LogP contribution in [0.5, 0.6) is 0 Å². The molecule has 5 nitrogen and oxygen atoms in total. The van der Waals surface area contributed by atoms with E-state index in [1.165, 1.54) is 11.0 Å². The van der Waals surface area contributed by atoms with Crippen molar-refractivity contribution in [3.63, 3.8) is 0 Å². The lowest BCUT2D eigenvalue weighted by Crippen LogP contribution is -2.40. The molecule has 0 aliphatic carbocycles. The number of nitrogens with zero attached hydrogens (tertiary/aromatic N) is 2. The van der Waals surface area contributed by atoms with E-state index in [-0.39, 0.29) is 29.9 Å². The first-order valence-corrected chi connectivity index (χ1v) is 9.44. The van der Waals surface area contributed by atoms with Crippen LogP contribution in [-0.2, 0) is 5.92 Å². The molecule has 0 atom stereocenters. The molecule has 9 heteroatoms. The van der Waals surface area contributed by atoms with Crippen LogP contribution in [0.1, 0.15) is 34.3 Å². The fraction of sp³-hybridized carbons (Fsp3) is 0.273. The summed E-state index contributed by atoms with van der Waals surface area (Å²) in [6, 6.07) is 7.46. The van der Waals surface area contributed by atoms with Gasteiger partial charge in [-0.15, -0.1) is 0 Å². The van der Waals surface area contributed by atoms with E-state index in [0.717, 1.165) is 30.3 Å². The molecule has 1 aliphatic heterocycles. The molecule has 0 unspecified atom stereocenters. The predicted octanol–water partition coefficient (Wildman–Crippen LogP) is 4.15. The van der Waals surface area contributed by atoms with Crippen molar-refractivity contribution in [1.29, 1.82) is 5.26 Å². The van der Waals surface area contributed by atoms with Crippen molar-refractivity contribution in [2.75, 3.05) is 18.4 Å². The molecule has 1 amide bonds. The van der Waals surface area contributed by atoms with E-state index in [1.807, 2.05) is 0 Å². The highest BCUT2D eigenvalue weighted by Gasteiger charge is 2.41. The van der Waals surface area contributed by atoms with E-state index in [9.17, 15) is 18.7 Å². The zero-order valence-corrected chi connectivity index (χ0v) is 16.3. The Hall–Kier alpha value is -3.38. The van der Waals surface area contributed by atoms with Crippen molar-refractivity contribution in [3.8, 4) is 6.07 Å². The van der Waals surface area contributed by atoms with Gasteiger partial charge < -0.3 is 15.3 Å². The number of nitrogens with one attached hydrogen (secondary N) is 1. The molecule has 0 aromatic heterocycles. The molecule has 0 saturated carbocycles. The van der Waals surface area contributed by atoms with Gasteiger partial charge in [-0.3, -0.25) is 4.79 Å². The third-order valence-corrected chi connectivity index (χ3v) is 5.12. The average Bonchev–Trinajstić information content (AvgIpc) is 2.75. The van der Waals surface area contributed by atoms with Crippen LogP contribution in [0.2, 0.25) is 0 Å². The van der Waals surface area contributed by atoms with Crippen molar-refractivity contribution in [2.45, 2.75) is 24.9 Å². The van der Waals surface area contributed by atoms with E-state index >= 15 is 8.78 Å². The number of hydrogen-bond donors (Lipinski definition) is 2. The monoisotopic (exact) mass is 433 g/mol. The van der Waals surface area contributed by atoms with Crippen molar-refractivity contribution in [1.82, 2.24) is 4.90 Å². The van der Waals surface area contributed by atoms with Crippen molar-refractivity contribution in [3.05, 3.63) is 77.0 Å². The molecule has 0 spiro atoms. The molecule has 1 heterocycles. The number of benzene rings is 2. The number of likely N-dealkylation sites (tertiary alicyclic amines) is 1. The lowest BCUT2D eigenvalue weighted by molar-refractivity contribution is -0.00882. The number of aliphatic hydroxyl groups excluding tert-OH is 1. The molecule has 31 heavy (non-hydrogen) atoms. The van der Waals surface area contributed by atoms with Crippen LogP contribution in [-0.4, -0.2) is 35.1 Å². The predicted molar refractivity (Wildman–Crippen MR) is 105 cm³/mol. The van der Waals surface area contributed by atoms with Crippen LogP contribution in [0, 0.1) is 23.0 Å². The first-order valence-electron chi connectivity index (χ1n) is 9.44. The minimum atomic E-state index is -3.79. The summed E-state index contributed by atoms with van der Waals surface area (Å²) >= 11 is 0. The zero-order chi connectivity index (χ0) is 22.8. The highest BCUT2D eigenvalue weighted by molar-refractivity contribution is 6.04. The minimum Gasteiger partial charge on any atom is -0.393 e. The maximum absolute atomic E-state index is 15.1. The number of rotatable bonds is 5. The second kappa shape index (κ2) is 8.78. The third kappa shape index (κ3) is 4.70. The number of allylic oxidation sites excluding steroid dienone is 1. The van der Waals surface area contributed by atoms with Crippen molar-refractivity contribution >= 4 is 11.6 Å². The number of halogens is 4. The lowest BCUT2D eigenvalue weighted by atomic mass is 9.99. The Balaban J connectivity index is 1.84. The molecule has 3 rings (SSSR count). The first kappa shape index (κ1) is 22.3. The number of carbonyl (C=O) groups excluding carboxylic acids is 1. The topological polar surface area (TPSA) is 76.4 Å². The quantitative estimate of drug-likeness (QED) is 0.695. The molecular formula is C22H19F4N3O2. The van der Waals surface area contributed by atoms with Crippen molar-refractivity contribution in [2.24, 2.45) is 0 Å². The summed E-state index contributed by atoms with van der Waals surface area (Å²) in [5.41, 5.74) is -2.09. The second-order valence-corrected chi connectivity index (χ2v) is 7.19. The van der Waals surface area contributed by atoms with Gasteiger partial charge in [0.1, 0.15) is 17.7 Å². The molecule has 2 aromatic rings.